The summed E-state index contributed by atoms with van der Waals surface area (Å²) < 4.78 is 14.8. The normalized spacial score (nSPS) is 10.4. The molecule has 0 fully saturated rings. The molecule has 3 rings (SSSR count). The molecule has 0 aliphatic carbocycles. The van der Waals surface area contributed by atoms with Crippen LogP contribution in [-0.2, 0) is 6.42 Å². The van der Waals surface area contributed by atoms with Crippen LogP contribution in [0, 0.1) is 5.82 Å². The molecule has 3 N–H and O–H groups in total. The van der Waals surface area contributed by atoms with E-state index in [-0.39, 0.29) is 17.8 Å². The molecule has 2 aromatic carbocycles. The van der Waals surface area contributed by atoms with Gasteiger partial charge in [-0.05, 0) is 48.9 Å². The van der Waals surface area contributed by atoms with Gasteiger partial charge in [0.25, 0.3) is 5.91 Å². The molecule has 7 nitrogen and oxygen atoms in total. The molecule has 0 saturated carbocycles. The third-order valence-electron chi connectivity index (χ3n) is 4.12. The van der Waals surface area contributed by atoms with Gasteiger partial charge in [-0.2, -0.15) is 5.10 Å². The molecule has 144 valence electrons. The number of urea groups is 1. The zero-order chi connectivity index (χ0) is 20.1. The Bertz CT molecular complexity index is 998. The van der Waals surface area contributed by atoms with Crippen molar-refractivity contribution in [2.45, 2.75) is 13.3 Å². The summed E-state index contributed by atoms with van der Waals surface area (Å²) in [5, 5.41) is 12.2. The largest absolute Gasteiger partial charge is 0.341 e. The van der Waals surface area contributed by atoms with Gasteiger partial charge in [0.1, 0.15) is 5.82 Å². The molecule has 0 aliphatic rings. The van der Waals surface area contributed by atoms with Crippen LogP contribution < -0.4 is 16.0 Å². The van der Waals surface area contributed by atoms with Crippen LogP contribution in [0.25, 0.3) is 5.69 Å². The van der Waals surface area contributed by atoms with Crippen LogP contribution in [0.4, 0.5) is 20.6 Å². The Hall–Kier alpha value is -3.68. The van der Waals surface area contributed by atoms with Gasteiger partial charge in [0.2, 0.25) is 0 Å². The first-order valence-corrected chi connectivity index (χ1v) is 8.74. The number of benzene rings is 2. The van der Waals surface area contributed by atoms with Crippen LogP contribution in [0.5, 0.6) is 0 Å². The van der Waals surface area contributed by atoms with Crippen molar-refractivity contribution in [3.8, 4) is 5.69 Å². The Morgan fingerprint density at radius 2 is 1.75 bits per heavy atom. The van der Waals surface area contributed by atoms with Gasteiger partial charge in [0.15, 0.2) is 0 Å². The van der Waals surface area contributed by atoms with Crippen molar-refractivity contribution in [3.05, 3.63) is 71.8 Å². The van der Waals surface area contributed by atoms with Crippen molar-refractivity contribution >= 4 is 23.3 Å². The van der Waals surface area contributed by atoms with Crippen LogP contribution in [0.2, 0.25) is 0 Å². The van der Waals surface area contributed by atoms with Crippen molar-refractivity contribution < 1.29 is 14.0 Å². The fourth-order valence-corrected chi connectivity index (χ4v) is 2.78. The molecular weight excluding hydrogens is 361 g/mol. The van der Waals surface area contributed by atoms with E-state index in [9.17, 15) is 14.0 Å². The number of nitrogens with one attached hydrogen (secondary N) is 3. The first kappa shape index (κ1) is 19.1. The van der Waals surface area contributed by atoms with E-state index in [1.165, 1.54) is 25.4 Å². The van der Waals surface area contributed by atoms with Gasteiger partial charge in [0.05, 0.1) is 23.1 Å². The fraction of sp³-hybridized carbons (Fsp3) is 0.150. The number of amides is 3. The molecule has 0 atom stereocenters. The molecule has 28 heavy (non-hydrogen) atoms. The lowest BCUT2D eigenvalue weighted by Crippen LogP contribution is -2.24. The zero-order valence-electron chi connectivity index (χ0n) is 15.5. The highest BCUT2D eigenvalue weighted by Gasteiger charge is 2.17. The Morgan fingerprint density at radius 1 is 1.07 bits per heavy atom. The minimum Gasteiger partial charge on any atom is -0.341 e. The lowest BCUT2D eigenvalue weighted by molar-refractivity contribution is 0.102. The first-order chi connectivity index (χ1) is 13.5. The Balaban J connectivity index is 1.82. The van der Waals surface area contributed by atoms with Crippen LogP contribution in [-0.4, -0.2) is 28.8 Å². The predicted octanol–water partition coefficient (Wildman–Crippen LogP) is 3.58. The van der Waals surface area contributed by atoms with Crippen molar-refractivity contribution in [3.63, 3.8) is 0 Å². The smallest absolute Gasteiger partial charge is 0.318 e. The quantitative estimate of drug-likeness (QED) is 0.631. The SMILES string of the molecule is CCc1c(C(=O)Nc2cccc(NC(=O)NC)c2)cnn1-c1ccc(F)cc1. The Morgan fingerprint density at radius 3 is 2.39 bits per heavy atom. The molecule has 1 heterocycles. The summed E-state index contributed by atoms with van der Waals surface area (Å²) in [4.78, 5) is 24.2. The monoisotopic (exact) mass is 381 g/mol. The summed E-state index contributed by atoms with van der Waals surface area (Å²) >= 11 is 0. The molecule has 1 aromatic heterocycles. The number of aromatic nitrogens is 2. The number of carbonyl (C=O) groups excluding carboxylic acids is 2. The topological polar surface area (TPSA) is 88.1 Å². The highest BCUT2D eigenvalue weighted by Crippen LogP contribution is 2.20. The maximum absolute atomic E-state index is 13.2. The summed E-state index contributed by atoms with van der Waals surface area (Å²) in [6, 6.07) is 12.4. The molecule has 8 heteroatoms. The number of halogens is 1. The molecule has 0 unspecified atom stereocenters. The highest BCUT2D eigenvalue weighted by atomic mass is 19.1. The molecule has 3 amide bonds. The van der Waals surface area contributed by atoms with Gasteiger partial charge in [0, 0.05) is 18.4 Å². The maximum atomic E-state index is 13.2. The van der Waals surface area contributed by atoms with E-state index in [4.69, 9.17) is 0 Å². The van der Waals surface area contributed by atoms with Crippen molar-refractivity contribution in [1.82, 2.24) is 15.1 Å². The van der Waals surface area contributed by atoms with Crippen LogP contribution in [0.3, 0.4) is 0 Å². The Labute approximate surface area is 161 Å². The zero-order valence-corrected chi connectivity index (χ0v) is 15.5. The van der Waals surface area contributed by atoms with Crippen LogP contribution in [0.1, 0.15) is 23.0 Å². The molecule has 0 aliphatic heterocycles. The lowest BCUT2D eigenvalue weighted by Gasteiger charge is -2.10. The average molecular weight is 381 g/mol. The molecule has 0 bridgehead atoms. The van der Waals surface area contributed by atoms with E-state index in [1.54, 1.807) is 41.1 Å². The summed E-state index contributed by atoms with van der Waals surface area (Å²) in [7, 11) is 1.52. The average Bonchev–Trinajstić information content (AvgIpc) is 3.13. The van der Waals surface area contributed by atoms with E-state index in [2.05, 4.69) is 21.0 Å². The van der Waals surface area contributed by atoms with E-state index in [1.807, 2.05) is 6.92 Å². The standard InChI is InChI=1S/C20H20FN5O2/c1-3-18-17(12-23-26(18)16-9-7-13(21)8-10-16)19(27)24-14-5-4-6-15(11-14)25-20(28)22-2/h4-12H,3H2,1-2H3,(H,24,27)(H2,22,25,28). The van der Waals surface area contributed by atoms with Gasteiger partial charge in [-0.15, -0.1) is 0 Å². The number of nitrogens with zero attached hydrogens (tertiary/aromatic N) is 2. The van der Waals surface area contributed by atoms with Gasteiger partial charge < -0.3 is 16.0 Å². The van der Waals surface area contributed by atoms with Gasteiger partial charge >= 0.3 is 6.03 Å². The molecule has 0 radical (unpaired) electrons. The van der Waals surface area contributed by atoms with Crippen LogP contribution >= 0.6 is 0 Å². The van der Waals surface area contributed by atoms with E-state index < -0.39 is 0 Å². The molecule has 0 saturated heterocycles. The van der Waals surface area contributed by atoms with Gasteiger partial charge in [-0.1, -0.05) is 13.0 Å². The lowest BCUT2D eigenvalue weighted by atomic mass is 10.1. The second-order valence-electron chi connectivity index (χ2n) is 5.99. The highest BCUT2D eigenvalue weighted by molar-refractivity contribution is 6.05. The third-order valence-corrected chi connectivity index (χ3v) is 4.12. The van der Waals surface area contributed by atoms with E-state index >= 15 is 0 Å². The first-order valence-electron chi connectivity index (χ1n) is 8.74. The van der Waals surface area contributed by atoms with Crippen molar-refractivity contribution in [1.29, 1.82) is 0 Å². The number of anilines is 2. The summed E-state index contributed by atoms with van der Waals surface area (Å²) in [5.41, 5.74) is 2.90. The number of hydrogen-bond acceptors (Lipinski definition) is 3. The summed E-state index contributed by atoms with van der Waals surface area (Å²) in [6.07, 6.45) is 2.06. The van der Waals surface area contributed by atoms with Crippen molar-refractivity contribution in [2.75, 3.05) is 17.7 Å². The predicted molar refractivity (Wildman–Crippen MR) is 105 cm³/mol. The molecule has 3 aromatic rings. The molecule has 0 spiro atoms. The minimum atomic E-state index is -0.350. The second-order valence-corrected chi connectivity index (χ2v) is 5.99. The van der Waals surface area contributed by atoms with Gasteiger partial charge in [-0.3, -0.25) is 4.79 Å². The van der Waals surface area contributed by atoms with Crippen LogP contribution in [0.15, 0.2) is 54.7 Å². The number of carbonyl (C=O) groups is 2. The fourth-order valence-electron chi connectivity index (χ4n) is 2.78. The minimum absolute atomic E-state index is 0.317. The van der Waals surface area contributed by atoms with Gasteiger partial charge in [-0.25, -0.2) is 13.9 Å². The summed E-state index contributed by atoms with van der Waals surface area (Å²) in [5.74, 6) is -0.653. The second kappa shape index (κ2) is 8.34. The third kappa shape index (κ3) is 4.17. The van der Waals surface area contributed by atoms with E-state index in [0.717, 1.165) is 0 Å². The number of rotatable bonds is 5. The number of hydrogen-bond donors (Lipinski definition) is 3. The summed E-state index contributed by atoms with van der Waals surface area (Å²) in [6.45, 7) is 1.92. The Kier molecular flexibility index (Phi) is 5.69. The van der Waals surface area contributed by atoms with Crippen molar-refractivity contribution in [2.24, 2.45) is 0 Å². The molecular formula is C20H20FN5O2. The maximum Gasteiger partial charge on any atom is 0.318 e. The van der Waals surface area contributed by atoms with E-state index in [0.29, 0.717) is 34.7 Å².